The molecule has 0 fully saturated rings. The van der Waals surface area contributed by atoms with Crippen LogP contribution in [0.5, 0.6) is 0 Å². The fraction of sp³-hybridized carbons (Fsp3) is 0.625. The second kappa shape index (κ2) is 5.85. The van der Waals surface area contributed by atoms with Crippen LogP contribution >= 0.6 is 0 Å². The third-order valence-corrected chi connectivity index (χ3v) is 3.34. The topological polar surface area (TPSA) is 29.5 Å². The fourth-order valence-electron chi connectivity index (χ4n) is 2.21. The summed E-state index contributed by atoms with van der Waals surface area (Å²) >= 11 is 0. The molecule has 2 unspecified atom stereocenters. The van der Waals surface area contributed by atoms with Crippen LogP contribution < -0.4 is 0 Å². The molecular formula is C16H26O2. The first-order valence-electron chi connectivity index (χ1n) is 6.58. The van der Waals surface area contributed by atoms with Crippen LogP contribution in [0.2, 0.25) is 0 Å². The fourth-order valence-corrected chi connectivity index (χ4v) is 2.21. The zero-order valence-electron chi connectivity index (χ0n) is 12.4. The van der Waals surface area contributed by atoms with Gasteiger partial charge in [-0.25, -0.2) is 0 Å². The summed E-state index contributed by atoms with van der Waals surface area (Å²) in [5.74, 6) is 0.511. The lowest BCUT2D eigenvalue weighted by Gasteiger charge is -2.33. The van der Waals surface area contributed by atoms with Gasteiger partial charge in [-0.1, -0.05) is 58.9 Å². The van der Waals surface area contributed by atoms with Gasteiger partial charge in [0, 0.05) is 7.11 Å². The highest BCUT2D eigenvalue weighted by atomic mass is 16.5. The number of methoxy groups -OCH3 is 1. The summed E-state index contributed by atoms with van der Waals surface area (Å²) in [6.45, 7) is 10.6. The maximum atomic E-state index is 10.4. The quantitative estimate of drug-likeness (QED) is 0.878. The Bertz CT molecular complexity index is 360. The summed E-state index contributed by atoms with van der Waals surface area (Å²) in [5, 5.41) is 10.4. The van der Waals surface area contributed by atoms with Crippen molar-refractivity contribution in [3.8, 4) is 0 Å². The summed E-state index contributed by atoms with van der Waals surface area (Å²) in [6.07, 6.45) is -0.793. The van der Waals surface area contributed by atoms with Gasteiger partial charge in [0.05, 0.1) is 6.10 Å². The lowest BCUT2D eigenvalue weighted by Crippen LogP contribution is -2.34. The molecule has 1 aromatic carbocycles. The first kappa shape index (κ1) is 15.2. The molecule has 1 rings (SSSR count). The van der Waals surface area contributed by atoms with Crippen molar-refractivity contribution in [2.24, 2.45) is 5.41 Å². The largest absolute Gasteiger partial charge is 0.386 e. The molecule has 0 spiro atoms. The van der Waals surface area contributed by atoms with E-state index in [-0.39, 0.29) is 11.5 Å². The summed E-state index contributed by atoms with van der Waals surface area (Å²) < 4.78 is 5.46. The Hall–Kier alpha value is -0.860. The average molecular weight is 250 g/mol. The number of hydrogen-bond donors (Lipinski definition) is 1. The van der Waals surface area contributed by atoms with Gasteiger partial charge in [0.2, 0.25) is 0 Å². The molecule has 2 heteroatoms. The van der Waals surface area contributed by atoms with Gasteiger partial charge in [-0.2, -0.15) is 0 Å². The molecule has 1 aromatic rings. The van der Waals surface area contributed by atoms with Gasteiger partial charge in [-0.05, 0) is 22.5 Å². The highest BCUT2D eigenvalue weighted by Gasteiger charge is 2.32. The van der Waals surface area contributed by atoms with Crippen LogP contribution in [-0.4, -0.2) is 18.3 Å². The standard InChI is InChI=1S/C16H26O2/c1-11(2)12-7-9-13(10-8-12)14(17)15(18-6)16(3,4)5/h7-11,14-15,17H,1-6H3. The van der Waals surface area contributed by atoms with Gasteiger partial charge >= 0.3 is 0 Å². The Balaban J connectivity index is 2.92. The molecule has 0 aliphatic heterocycles. The minimum Gasteiger partial charge on any atom is -0.386 e. The molecule has 0 radical (unpaired) electrons. The molecule has 102 valence electrons. The van der Waals surface area contributed by atoms with Crippen LogP contribution in [0, 0.1) is 5.41 Å². The van der Waals surface area contributed by atoms with Crippen molar-refractivity contribution in [2.45, 2.75) is 52.7 Å². The summed E-state index contributed by atoms with van der Waals surface area (Å²) in [5.41, 5.74) is 2.11. The summed E-state index contributed by atoms with van der Waals surface area (Å²) in [4.78, 5) is 0. The van der Waals surface area contributed by atoms with Crippen molar-refractivity contribution >= 4 is 0 Å². The van der Waals surface area contributed by atoms with Gasteiger partial charge in [0.25, 0.3) is 0 Å². The number of benzene rings is 1. The Morgan fingerprint density at radius 1 is 1.00 bits per heavy atom. The van der Waals surface area contributed by atoms with E-state index in [0.29, 0.717) is 5.92 Å². The van der Waals surface area contributed by atoms with E-state index < -0.39 is 6.10 Å². The Morgan fingerprint density at radius 3 is 1.78 bits per heavy atom. The smallest absolute Gasteiger partial charge is 0.106 e. The molecule has 0 aromatic heterocycles. The Labute approximate surface area is 111 Å². The summed E-state index contributed by atoms with van der Waals surface area (Å²) in [6, 6.07) is 8.16. The van der Waals surface area contributed by atoms with Gasteiger partial charge < -0.3 is 9.84 Å². The lowest BCUT2D eigenvalue weighted by atomic mass is 9.83. The van der Waals surface area contributed by atoms with E-state index in [1.807, 2.05) is 12.1 Å². The molecular weight excluding hydrogens is 224 g/mol. The van der Waals surface area contributed by atoms with E-state index >= 15 is 0 Å². The van der Waals surface area contributed by atoms with Crippen LogP contribution in [0.4, 0.5) is 0 Å². The third kappa shape index (κ3) is 3.56. The summed E-state index contributed by atoms with van der Waals surface area (Å²) in [7, 11) is 1.65. The van der Waals surface area contributed by atoms with E-state index in [9.17, 15) is 5.11 Å². The van der Waals surface area contributed by atoms with Crippen molar-refractivity contribution in [3.63, 3.8) is 0 Å². The number of ether oxygens (including phenoxy) is 1. The number of aliphatic hydroxyl groups is 1. The highest BCUT2D eigenvalue weighted by molar-refractivity contribution is 5.26. The van der Waals surface area contributed by atoms with Gasteiger partial charge in [0.15, 0.2) is 0 Å². The van der Waals surface area contributed by atoms with Crippen molar-refractivity contribution in [1.29, 1.82) is 0 Å². The van der Waals surface area contributed by atoms with Crippen LogP contribution in [0.3, 0.4) is 0 Å². The molecule has 0 heterocycles. The third-order valence-electron chi connectivity index (χ3n) is 3.34. The van der Waals surface area contributed by atoms with Crippen molar-refractivity contribution in [1.82, 2.24) is 0 Å². The molecule has 0 aliphatic rings. The molecule has 0 saturated carbocycles. The van der Waals surface area contributed by atoms with Crippen LogP contribution in [0.25, 0.3) is 0 Å². The van der Waals surface area contributed by atoms with Gasteiger partial charge in [-0.15, -0.1) is 0 Å². The van der Waals surface area contributed by atoms with E-state index in [4.69, 9.17) is 4.74 Å². The van der Waals surface area contributed by atoms with E-state index in [1.165, 1.54) is 5.56 Å². The van der Waals surface area contributed by atoms with Crippen LogP contribution in [0.1, 0.15) is 57.8 Å². The van der Waals surface area contributed by atoms with Crippen molar-refractivity contribution in [3.05, 3.63) is 35.4 Å². The first-order chi connectivity index (χ1) is 8.27. The monoisotopic (exact) mass is 250 g/mol. The SMILES string of the molecule is COC(C(O)c1ccc(C(C)C)cc1)C(C)(C)C. The van der Waals surface area contributed by atoms with Crippen LogP contribution in [0.15, 0.2) is 24.3 Å². The van der Waals surface area contributed by atoms with Gasteiger partial charge in [0.1, 0.15) is 6.10 Å². The lowest BCUT2D eigenvalue weighted by molar-refractivity contribution is -0.0724. The minimum atomic E-state index is -0.587. The predicted octanol–water partition coefficient (Wildman–Crippen LogP) is 3.90. The molecule has 0 aliphatic carbocycles. The molecule has 2 nitrogen and oxygen atoms in total. The normalized spacial score (nSPS) is 15.8. The number of rotatable bonds is 4. The average Bonchev–Trinajstić information content (AvgIpc) is 2.28. The second-order valence-corrected chi connectivity index (χ2v) is 6.29. The Morgan fingerprint density at radius 2 is 1.44 bits per heavy atom. The maximum absolute atomic E-state index is 10.4. The second-order valence-electron chi connectivity index (χ2n) is 6.29. The van der Waals surface area contributed by atoms with Crippen molar-refractivity contribution < 1.29 is 9.84 Å². The van der Waals surface area contributed by atoms with E-state index in [1.54, 1.807) is 7.11 Å². The number of aliphatic hydroxyl groups excluding tert-OH is 1. The molecule has 0 bridgehead atoms. The first-order valence-corrected chi connectivity index (χ1v) is 6.58. The maximum Gasteiger partial charge on any atom is 0.106 e. The van der Waals surface area contributed by atoms with Crippen LogP contribution in [-0.2, 0) is 4.74 Å². The Kier molecular flexibility index (Phi) is 4.94. The molecule has 0 saturated heterocycles. The molecule has 18 heavy (non-hydrogen) atoms. The predicted molar refractivity (Wildman–Crippen MR) is 75.7 cm³/mol. The van der Waals surface area contributed by atoms with E-state index in [2.05, 4.69) is 46.8 Å². The number of hydrogen-bond acceptors (Lipinski definition) is 2. The van der Waals surface area contributed by atoms with Crippen molar-refractivity contribution in [2.75, 3.05) is 7.11 Å². The molecule has 1 N–H and O–H groups in total. The zero-order chi connectivity index (χ0) is 13.9. The minimum absolute atomic E-state index is 0.0924. The highest BCUT2D eigenvalue weighted by Crippen LogP contribution is 2.32. The molecule has 0 amide bonds. The zero-order valence-corrected chi connectivity index (χ0v) is 12.4. The van der Waals surface area contributed by atoms with E-state index in [0.717, 1.165) is 5.56 Å². The van der Waals surface area contributed by atoms with Gasteiger partial charge in [-0.3, -0.25) is 0 Å². The molecule has 2 atom stereocenters.